The van der Waals surface area contributed by atoms with Crippen molar-refractivity contribution in [2.24, 2.45) is 0 Å². The van der Waals surface area contributed by atoms with Gasteiger partial charge in [-0.1, -0.05) is 0 Å². The minimum absolute atomic E-state index is 0.201. The van der Waals surface area contributed by atoms with Crippen LogP contribution in [0.2, 0.25) is 0 Å². The molecule has 0 amide bonds. The number of hydrogen-bond acceptors (Lipinski definition) is 3. The number of quaternary nitrogens is 1. The maximum atomic E-state index is 10.3. The number of likely N-dealkylation sites (N-methyl/N-ethyl adjacent to an activating group) is 1. The molecule has 0 saturated heterocycles. The Bertz CT molecular complexity index is 235. The van der Waals surface area contributed by atoms with Crippen LogP contribution < -0.4 is 0 Å². The summed E-state index contributed by atoms with van der Waals surface area (Å²) < 4.78 is 5.59. The van der Waals surface area contributed by atoms with Crippen LogP contribution in [0.15, 0.2) is 18.7 Å². The van der Waals surface area contributed by atoms with E-state index in [1.165, 1.54) is 6.92 Å². The molecular formula is C10H20N3O2+. The summed E-state index contributed by atoms with van der Waals surface area (Å²) in [6, 6.07) is 0. The fourth-order valence-corrected chi connectivity index (χ4v) is 0.678. The molecule has 0 aliphatic carbocycles. The van der Waals surface area contributed by atoms with E-state index < -0.39 is 0 Å². The minimum atomic E-state index is -0.201. The SMILES string of the molecule is CC(=O)OCC[N+](C)(C)C.c1c[nH]cn1. The fourth-order valence-electron chi connectivity index (χ4n) is 0.678. The molecule has 5 heteroatoms. The fraction of sp³-hybridized carbons (Fsp3) is 0.600. The van der Waals surface area contributed by atoms with Gasteiger partial charge in [0, 0.05) is 19.3 Å². The summed E-state index contributed by atoms with van der Waals surface area (Å²) in [6.07, 6.45) is 5.08. The van der Waals surface area contributed by atoms with E-state index >= 15 is 0 Å². The Labute approximate surface area is 90.7 Å². The Kier molecular flexibility index (Phi) is 6.37. The lowest BCUT2D eigenvalue weighted by Gasteiger charge is -2.23. The predicted molar refractivity (Wildman–Crippen MR) is 58.1 cm³/mol. The largest absolute Gasteiger partial charge is 0.460 e. The lowest BCUT2D eigenvalue weighted by Crippen LogP contribution is -2.37. The highest BCUT2D eigenvalue weighted by molar-refractivity contribution is 5.65. The van der Waals surface area contributed by atoms with Crippen LogP contribution in [-0.2, 0) is 9.53 Å². The van der Waals surface area contributed by atoms with E-state index in [4.69, 9.17) is 4.74 Å². The number of aromatic amines is 1. The number of H-pyrrole nitrogens is 1. The van der Waals surface area contributed by atoms with Gasteiger partial charge in [0.25, 0.3) is 0 Å². The molecule has 1 aromatic heterocycles. The topological polar surface area (TPSA) is 55.0 Å². The number of esters is 1. The van der Waals surface area contributed by atoms with Gasteiger partial charge in [-0.15, -0.1) is 0 Å². The van der Waals surface area contributed by atoms with Crippen LogP contribution in [-0.4, -0.2) is 54.7 Å². The van der Waals surface area contributed by atoms with E-state index in [2.05, 4.69) is 31.1 Å². The van der Waals surface area contributed by atoms with Gasteiger partial charge in [-0.25, -0.2) is 4.98 Å². The zero-order chi connectivity index (χ0) is 11.7. The molecule has 1 rings (SSSR count). The van der Waals surface area contributed by atoms with Crippen molar-refractivity contribution in [1.29, 1.82) is 0 Å². The second-order valence-electron chi connectivity index (χ2n) is 4.11. The van der Waals surface area contributed by atoms with Gasteiger partial charge in [0.2, 0.25) is 0 Å². The Morgan fingerprint density at radius 2 is 2.13 bits per heavy atom. The van der Waals surface area contributed by atoms with Crippen LogP contribution >= 0.6 is 0 Å². The molecule has 0 spiro atoms. The number of nitrogens with zero attached hydrogens (tertiary/aromatic N) is 2. The van der Waals surface area contributed by atoms with Crippen LogP contribution in [0, 0.1) is 0 Å². The molecule has 0 unspecified atom stereocenters. The molecule has 0 saturated carbocycles. The van der Waals surface area contributed by atoms with Crippen molar-refractivity contribution in [3.63, 3.8) is 0 Å². The summed E-state index contributed by atoms with van der Waals surface area (Å²) in [5, 5.41) is 0. The highest BCUT2D eigenvalue weighted by Gasteiger charge is 2.06. The van der Waals surface area contributed by atoms with Gasteiger partial charge in [0.15, 0.2) is 0 Å². The van der Waals surface area contributed by atoms with E-state index in [9.17, 15) is 4.79 Å². The summed E-state index contributed by atoms with van der Waals surface area (Å²) in [4.78, 5) is 16.7. The smallest absolute Gasteiger partial charge is 0.302 e. The van der Waals surface area contributed by atoms with Gasteiger partial charge in [-0.05, 0) is 0 Å². The summed E-state index contributed by atoms with van der Waals surface area (Å²) in [6.45, 7) is 2.80. The molecule has 5 nitrogen and oxygen atoms in total. The third-order valence-electron chi connectivity index (χ3n) is 1.47. The molecule has 0 aliphatic rings. The van der Waals surface area contributed by atoms with Gasteiger partial charge < -0.3 is 14.2 Å². The monoisotopic (exact) mass is 214 g/mol. The quantitative estimate of drug-likeness (QED) is 0.594. The maximum absolute atomic E-state index is 10.3. The van der Waals surface area contributed by atoms with Crippen LogP contribution in [0.3, 0.4) is 0 Å². The first-order valence-corrected chi connectivity index (χ1v) is 4.78. The predicted octanol–water partition coefficient (Wildman–Crippen LogP) is 0.665. The Morgan fingerprint density at radius 1 is 1.47 bits per heavy atom. The zero-order valence-corrected chi connectivity index (χ0v) is 9.86. The van der Waals surface area contributed by atoms with E-state index in [-0.39, 0.29) is 5.97 Å². The molecule has 1 aromatic rings. The molecular weight excluding hydrogens is 194 g/mol. The highest BCUT2D eigenvalue weighted by Crippen LogP contribution is 1.89. The molecule has 15 heavy (non-hydrogen) atoms. The van der Waals surface area contributed by atoms with Crippen LogP contribution in [0.1, 0.15) is 6.92 Å². The summed E-state index contributed by atoms with van der Waals surface area (Å²) in [5.74, 6) is -0.201. The number of nitrogens with one attached hydrogen (secondary N) is 1. The number of rotatable bonds is 3. The zero-order valence-electron chi connectivity index (χ0n) is 9.86. The minimum Gasteiger partial charge on any atom is -0.460 e. The van der Waals surface area contributed by atoms with Gasteiger partial charge in [0.1, 0.15) is 13.2 Å². The standard InChI is InChI=1S/C7H16NO2.C3H4N2/c1-7(9)10-6-5-8(2,3)4;1-2-5-3-4-1/h5-6H2,1-4H3;1-3H,(H,4,5)/q+1;. The third-order valence-corrected chi connectivity index (χ3v) is 1.47. The Morgan fingerprint density at radius 3 is 2.40 bits per heavy atom. The van der Waals surface area contributed by atoms with Gasteiger partial charge in [0.05, 0.1) is 27.5 Å². The van der Waals surface area contributed by atoms with Crippen LogP contribution in [0.5, 0.6) is 0 Å². The van der Waals surface area contributed by atoms with E-state index in [0.29, 0.717) is 6.61 Å². The van der Waals surface area contributed by atoms with Crippen molar-refractivity contribution in [3.8, 4) is 0 Å². The number of imidazole rings is 1. The van der Waals surface area contributed by atoms with Crippen molar-refractivity contribution >= 4 is 5.97 Å². The Hall–Kier alpha value is -1.36. The lowest BCUT2D eigenvalue weighted by molar-refractivity contribution is -0.870. The summed E-state index contributed by atoms with van der Waals surface area (Å²) >= 11 is 0. The Balaban J connectivity index is 0.000000322. The van der Waals surface area contributed by atoms with Crippen molar-refractivity contribution in [2.45, 2.75) is 6.92 Å². The highest BCUT2D eigenvalue weighted by atomic mass is 16.5. The number of carbonyl (C=O) groups is 1. The molecule has 86 valence electrons. The first-order valence-electron chi connectivity index (χ1n) is 4.78. The van der Waals surface area contributed by atoms with Crippen molar-refractivity contribution in [1.82, 2.24) is 9.97 Å². The number of aromatic nitrogens is 2. The van der Waals surface area contributed by atoms with Gasteiger partial charge >= 0.3 is 5.97 Å². The lowest BCUT2D eigenvalue weighted by atomic mass is 10.5. The summed E-state index contributed by atoms with van der Waals surface area (Å²) in [7, 11) is 6.18. The number of carbonyl (C=O) groups excluding carboxylic acids is 1. The molecule has 0 aromatic carbocycles. The second kappa shape index (κ2) is 7.00. The van der Waals surface area contributed by atoms with Gasteiger partial charge in [-0.3, -0.25) is 4.79 Å². The van der Waals surface area contributed by atoms with Gasteiger partial charge in [-0.2, -0.15) is 0 Å². The first kappa shape index (κ1) is 13.6. The molecule has 0 atom stereocenters. The number of ether oxygens (including phenoxy) is 1. The molecule has 1 heterocycles. The molecule has 0 radical (unpaired) electrons. The van der Waals surface area contributed by atoms with E-state index in [1.54, 1.807) is 18.7 Å². The number of hydrogen-bond donors (Lipinski definition) is 1. The average Bonchev–Trinajstić information content (AvgIpc) is 2.56. The molecule has 1 N–H and O–H groups in total. The van der Waals surface area contributed by atoms with Crippen LogP contribution in [0.25, 0.3) is 0 Å². The van der Waals surface area contributed by atoms with E-state index in [1.807, 2.05) is 0 Å². The molecule has 0 bridgehead atoms. The van der Waals surface area contributed by atoms with Crippen molar-refractivity contribution in [3.05, 3.63) is 18.7 Å². The molecule has 0 aliphatic heterocycles. The average molecular weight is 214 g/mol. The second-order valence-corrected chi connectivity index (χ2v) is 4.11. The molecule has 0 fully saturated rings. The first-order chi connectivity index (χ1) is 6.92. The van der Waals surface area contributed by atoms with Crippen molar-refractivity contribution in [2.75, 3.05) is 34.3 Å². The van der Waals surface area contributed by atoms with E-state index in [0.717, 1.165) is 11.0 Å². The third kappa shape index (κ3) is 12.6. The normalized spacial score (nSPS) is 10.1. The van der Waals surface area contributed by atoms with Crippen molar-refractivity contribution < 1.29 is 14.0 Å². The maximum Gasteiger partial charge on any atom is 0.302 e. The van der Waals surface area contributed by atoms with Crippen LogP contribution in [0.4, 0.5) is 0 Å². The summed E-state index contributed by atoms with van der Waals surface area (Å²) in [5.41, 5.74) is 0.